The van der Waals surface area contributed by atoms with Crippen molar-refractivity contribution < 1.29 is 14.3 Å². The molecule has 8 nitrogen and oxygen atoms in total. The average molecular weight is 343 g/mol. The van der Waals surface area contributed by atoms with E-state index in [2.05, 4.69) is 15.5 Å². The number of carbonyl (C=O) groups excluding carboxylic acids is 1. The Bertz CT molecular complexity index is 721. The molecule has 1 unspecified atom stereocenters. The molecule has 3 heterocycles. The molecule has 2 fully saturated rings. The highest BCUT2D eigenvalue weighted by molar-refractivity contribution is 5.76. The van der Waals surface area contributed by atoms with Gasteiger partial charge in [0.1, 0.15) is 12.1 Å². The summed E-state index contributed by atoms with van der Waals surface area (Å²) in [6, 6.07) is 9.63. The highest BCUT2D eigenvalue weighted by Gasteiger charge is 2.40. The van der Waals surface area contributed by atoms with Gasteiger partial charge in [-0.2, -0.15) is 0 Å². The highest BCUT2D eigenvalue weighted by Crippen LogP contribution is 2.27. The number of tetrazole rings is 1. The van der Waals surface area contributed by atoms with Gasteiger partial charge in [0, 0.05) is 18.7 Å². The van der Waals surface area contributed by atoms with Crippen molar-refractivity contribution >= 4 is 5.91 Å². The lowest BCUT2D eigenvalue weighted by Crippen LogP contribution is -2.57. The first kappa shape index (κ1) is 16.2. The third-order valence-corrected chi connectivity index (χ3v) is 4.74. The SMILES string of the molecule is O=C(Cn1nnnc1-c1ccccc1)N1CCOC2(CCCOC2)C1. The van der Waals surface area contributed by atoms with Gasteiger partial charge in [0.15, 0.2) is 5.82 Å². The van der Waals surface area contributed by atoms with Crippen molar-refractivity contribution in [3.63, 3.8) is 0 Å². The average Bonchev–Trinajstić information content (AvgIpc) is 3.11. The molecule has 1 spiro atoms. The summed E-state index contributed by atoms with van der Waals surface area (Å²) >= 11 is 0. The Morgan fingerprint density at radius 2 is 2.12 bits per heavy atom. The molecule has 0 saturated carbocycles. The molecule has 1 amide bonds. The maximum absolute atomic E-state index is 12.8. The molecule has 2 aliphatic rings. The maximum Gasteiger partial charge on any atom is 0.244 e. The Balaban J connectivity index is 1.47. The van der Waals surface area contributed by atoms with E-state index in [1.165, 1.54) is 0 Å². The summed E-state index contributed by atoms with van der Waals surface area (Å²) in [5, 5.41) is 11.8. The number of hydrogen-bond donors (Lipinski definition) is 0. The predicted octanol–water partition coefficient (Wildman–Crippen LogP) is 0.748. The van der Waals surface area contributed by atoms with Crippen LogP contribution >= 0.6 is 0 Å². The Kier molecular flexibility index (Phi) is 4.46. The molecule has 0 aliphatic carbocycles. The van der Waals surface area contributed by atoms with Crippen LogP contribution < -0.4 is 0 Å². The summed E-state index contributed by atoms with van der Waals surface area (Å²) in [7, 11) is 0. The molecule has 1 aromatic heterocycles. The minimum Gasteiger partial charge on any atom is -0.378 e. The third-order valence-electron chi connectivity index (χ3n) is 4.74. The molecule has 0 N–H and O–H groups in total. The van der Waals surface area contributed by atoms with Gasteiger partial charge in [-0.3, -0.25) is 4.79 Å². The van der Waals surface area contributed by atoms with Gasteiger partial charge < -0.3 is 14.4 Å². The molecule has 1 aromatic carbocycles. The van der Waals surface area contributed by atoms with Crippen LogP contribution in [0.2, 0.25) is 0 Å². The monoisotopic (exact) mass is 343 g/mol. The van der Waals surface area contributed by atoms with Crippen LogP contribution in [0.25, 0.3) is 11.4 Å². The zero-order valence-corrected chi connectivity index (χ0v) is 14.0. The van der Waals surface area contributed by atoms with E-state index in [-0.39, 0.29) is 18.1 Å². The van der Waals surface area contributed by atoms with Gasteiger partial charge in [-0.25, -0.2) is 4.68 Å². The van der Waals surface area contributed by atoms with Crippen LogP contribution in [0.3, 0.4) is 0 Å². The van der Waals surface area contributed by atoms with Crippen molar-refractivity contribution in [1.82, 2.24) is 25.1 Å². The van der Waals surface area contributed by atoms with Gasteiger partial charge in [0.2, 0.25) is 5.91 Å². The van der Waals surface area contributed by atoms with Crippen molar-refractivity contribution in [2.75, 3.05) is 32.9 Å². The summed E-state index contributed by atoms with van der Waals surface area (Å²) in [5.41, 5.74) is 0.536. The standard InChI is InChI=1S/C17H21N5O3/c23-15(21-8-10-25-17(12-21)7-4-9-24-13-17)11-22-16(18-19-20-22)14-5-2-1-3-6-14/h1-3,5-6H,4,7-13H2. The van der Waals surface area contributed by atoms with Crippen molar-refractivity contribution in [3.05, 3.63) is 30.3 Å². The topological polar surface area (TPSA) is 82.4 Å². The molecule has 8 heteroatoms. The van der Waals surface area contributed by atoms with E-state index < -0.39 is 0 Å². The molecule has 2 aromatic rings. The molecular formula is C17H21N5O3. The summed E-state index contributed by atoms with van der Waals surface area (Å²) < 4.78 is 13.1. The zero-order valence-electron chi connectivity index (χ0n) is 14.0. The maximum atomic E-state index is 12.8. The number of rotatable bonds is 3. The molecule has 0 radical (unpaired) electrons. The normalized spacial score (nSPS) is 23.8. The largest absolute Gasteiger partial charge is 0.378 e. The first-order valence-corrected chi connectivity index (χ1v) is 8.57. The van der Waals surface area contributed by atoms with Crippen LogP contribution in [0.15, 0.2) is 30.3 Å². The van der Waals surface area contributed by atoms with Gasteiger partial charge >= 0.3 is 0 Å². The lowest BCUT2D eigenvalue weighted by atomic mass is 9.94. The number of hydrogen-bond acceptors (Lipinski definition) is 6. The lowest BCUT2D eigenvalue weighted by Gasteiger charge is -2.44. The molecule has 0 bridgehead atoms. The van der Waals surface area contributed by atoms with Gasteiger partial charge in [0.05, 0.1) is 19.8 Å². The Morgan fingerprint density at radius 3 is 2.92 bits per heavy atom. The smallest absolute Gasteiger partial charge is 0.244 e. The second-order valence-electron chi connectivity index (χ2n) is 6.53. The minimum atomic E-state index is -0.352. The van der Waals surface area contributed by atoms with Crippen molar-refractivity contribution in [2.45, 2.75) is 25.0 Å². The van der Waals surface area contributed by atoms with Crippen LogP contribution in [0.1, 0.15) is 12.8 Å². The van der Waals surface area contributed by atoms with E-state index >= 15 is 0 Å². The van der Waals surface area contributed by atoms with Crippen LogP contribution in [-0.4, -0.2) is 69.5 Å². The van der Waals surface area contributed by atoms with Crippen LogP contribution in [0, 0.1) is 0 Å². The first-order chi connectivity index (χ1) is 12.3. The third kappa shape index (κ3) is 3.40. The fourth-order valence-corrected chi connectivity index (χ4v) is 3.46. The molecule has 25 heavy (non-hydrogen) atoms. The van der Waals surface area contributed by atoms with Crippen molar-refractivity contribution in [3.8, 4) is 11.4 Å². The van der Waals surface area contributed by atoms with E-state index in [0.717, 1.165) is 25.0 Å². The van der Waals surface area contributed by atoms with Crippen LogP contribution in [0.5, 0.6) is 0 Å². The minimum absolute atomic E-state index is 0.00210. The molecule has 2 saturated heterocycles. The fourth-order valence-electron chi connectivity index (χ4n) is 3.46. The number of nitrogens with zero attached hydrogens (tertiary/aromatic N) is 5. The van der Waals surface area contributed by atoms with Crippen molar-refractivity contribution in [1.29, 1.82) is 0 Å². The first-order valence-electron chi connectivity index (χ1n) is 8.57. The number of ether oxygens (including phenoxy) is 2. The van der Waals surface area contributed by atoms with Gasteiger partial charge in [-0.1, -0.05) is 30.3 Å². The van der Waals surface area contributed by atoms with Crippen LogP contribution in [0.4, 0.5) is 0 Å². The van der Waals surface area contributed by atoms with E-state index in [1.54, 1.807) is 4.68 Å². The Morgan fingerprint density at radius 1 is 1.24 bits per heavy atom. The number of aromatic nitrogens is 4. The number of morpholine rings is 1. The molecule has 132 valence electrons. The summed E-state index contributed by atoms with van der Waals surface area (Å²) in [4.78, 5) is 14.6. The zero-order chi connectivity index (χ0) is 17.1. The summed E-state index contributed by atoms with van der Waals surface area (Å²) in [5.74, 6) is 0.593. The quantitative estimate of drug-likeness (QED) is 0.818. The van der Waals surface area contributed by atoms with Gasteiger partial charge in [0.25, 0.3) is 0 Å². The number of carbonyl (C=O) groups is 1. The summed E-state index contributed by atoms with van der Waals surface area (Å²) in [6.45, 7) is 3.13. The van der Waals surface area contributed by atoms with Gasteiger partial charge in [-0.15, -0.1) is 5.10 Å². The van der Waals surface area contributed by atoms with E-state index in [9.17, 15) is 4.79 Å². The lowest BCUT2D eigenvalue weighted by molar-refractivity contribution is -0.177. The molecule has 2 aliphatic heterocycles. The van der Waals surface area contributed by atoms with Crippen LogP contribution in [-0.2, 0) is 20.8 Å². The number of benzene rings is 1. The van der Waals surface area contributed by atoms with Gasteiger partial charge in [-0.05, 0) is 23.3 Å². The highest BCUT2D eigenvalue weighted by atomic mass is 16.5. The molecule has 1 atom stereocenters. The molecular weight excluding hydrogens is 322 g/mol. The number of amides is 1. The second kappa shape index (κ2) is 6.89. The van der Waals surface area contributed by atoms with E-state index in [1.807, 2.05) is 35.2 Å². The molecule has 4 rings (SSSR count). The Labute approximate surface area is 145 Å². The summed E-state index contributed by atoms with van der Waals surface area (Å²) in [6.07, 6.45) is 1.89. The predicted molar refractivity (Wildman–Crippen MR) is 88.6 cm³/mol. The van der Waals surface area contributed by atoms with E-state index in [0.29, 0.717) is 32.1 Å². The fraction of sp³-hybridized carbons (Fsp3) is 0.529. The Hall–Kier alpha value is -2.32. The van der Waals surface area contributed by atoms with Crippen molar-refractivity contribution in [2.24, 2.45) is 0 Å². The second-order valence-corrected chi connectivity index (χ2v) is 6.53. The van der Waals surface area contributed by atoms with E-state index in [4.69, 9.17) is 9.47 Å².